The monoisotopic (exact) mass is 713 g/mol. The third kappa shape index (κ3) is 6.16. The van der Waals surface area contributed by atoms with Gasteiger partial charge in [0.25, 0.3) is 5.62 Å². The summed E-state index contributed by atoms with van der Waals surface area (Å²) >= 11 is 0. The number of nitrogens with two attached hydrogens (primary N) is 1. The molecule has 0 amide bonds. The normalized spacial score (nSPS) is 35.3. The molecule has 0 spiro atoms. The van der Waals surface area contributed by atoms with E-state index in [9.17, 15) is 29.5 Å². The second kappa shape index (κ2) is 14.2. The van der Waals surface area contributed by atoms with Crippen LogP contribution in [0, 0.1) is 34.0 Å². The lowest BCUT2D eigenvalue weighted by atomic mass is 9.44. The molecule has 4 fully saturated rings. The Morgan fingerprint density at radius 2 is 1.78 bits per heavy atom. The molecule has 1 aromatic rings. The number of carbonyl (C=O) groups is 4. The molecule has 1 aromatic heterocycles. The zero-order chi connectivity index (χ0) is 37.5. The lowest BCUT2D eigenvalue weighted by Gasteiger charge is -2.62. The number of ketones is 2. The van der Waals surface area contributed by atoms with Crippen LogP contribution in [0.25, 0.3) is 0 Å². The third-order valence-electron chi connectivity index (χ3n) is 12.4. The van der Waals surface area contributed by atoms with Gasteiger partial charge in [0.05, 0.1) is 6.10 Å². The highest BCUT2D eigenvalue weighted by atomic mass is 19.1. The summed E-state index contributed by atoms with van der Waals surface area (Å²) < 4.78 is 29.1. The van der Waals surface area contributed by atoms with Gasteiger partial charge in [-0.25, -0.2) is 4.39 Å². The number of piperidine rings is 1. The first-order chi connectivity index (χ1) is 24.0. The number of aromatic nitrogens is 2. The van der Waals surface area contributed by atoms with Crippen molar-refractivity contribution in [3.05, 3.63) is 35.5 Å². The molecule has 5 aliphatic rings. The zero-order valence-electron chi connectivity index (χ0n) is 30.2. The second-order valence-corrected chi connectivity index (χ2v) is 15.1. The molecule has 6 rings (SSSR count). The predicted molar refractivity (Wildman–Crippen MR) is 184 cm³/mol. The van der Waals surface area contributed by atoms with Crippen molar-refractivity contribution in [3.8, 4) is 0 Å². The van der Waals surface area contributed by atoms with Gasteiger partial charge in [-0.05, 0) is 69.9 Å². The summed E-state index contributed by atoms with van der Waals surface area (Å²) in [5.41, 5.74) is 0.0678. The van der Waals surface area contributed by atoms with E-state index in [2.05, 4.69) is 9.88 Å². The highest BCUT2D eigenvalue weighted by Crippen LogP contribution is 2.71. The number of nitrogens with one attached hydrogen (secondary N) is 1. The second-order valence-electron chi connectivity index (χ2n) is 15.1. The molecule has 13 nitrogen and oxygen atoms in total. The Hall–Kier alpha value is -4.07. The van der Waals surface area contributed by atoms with Gasteiger partial charge in [-0.1, -0.05) is 39.3 Å². The molecule has 0 radical (unpaired) electrons. The largest absolute Gasteiger partial charge is 0.457 e. The van der Waals surface area contributed by atoms with Gasteiger partial charge in [0, 0.05) is 54.7 Å². The van der Waals surface area contributed by atoms with Crippen molar-refractivity contribution in [3.63, 3.8) is 0 Å². The van der Waals surface area contributed by atoms with Gasteiger partial charge in [-0.2, -0.15) is 4.98 Å². The Bertz CT molecular complexity index is 1690. The van der Waals surface area contributed by atoms with Gasteiger partial charge in [0.2, 0.25) is 5.78 Å². The highest BCUT2D eigenvalue weighted by molar-refractivity contribution is 6.01. The van der Waals surface area contributed by atoms with Crippen LogP contribution in [0.15, 0.2) is 29.9 Å². The quantitative estimate of drug-likeness (QED) is 0.235. The van der Waals surface area contributed by atoms with E-state index in [0.717, 1.165) is 25.9 Å². The van der Waals surface area contributed by atoms with Crippen LogP contribution in [-0.2, 0) is 28.7 Å². The molecule has 0 bridgehead atoms. The number of halogens is 1. The average Bonchev–Trinajstić information content (AvgIpc) is 3.32. The summed E-state index contributed by atoms with van der Waals surface area (Å²) in [6.45, 7) is 9.95. The number of carbonyl (C=O) groups excluding carboxylic acids is 4. The molecule has 51 heavy (non-hydrogen) atoms. The molecule has 5 N–H and O–H groups in total. The maximum absolute atomic E-state index is 17.4. The fraction of sp³-hybridized carbons (Fsp3) is 0.676. The van der Waals surface area contributed by atoms with Crippen molar-refractivity contribution in [1.29, 1.82) is 5.41 Å². The summed E-state index contributed by atoms with van der Waals surface area (Å²) in [6.07, 6.45) is 7.84. The first-order valence-corrected chi connectivity index (χ1v) is 18.1. The Kier molecular flexibility index (Phi) is 10.6. The molecule has 0 unspecified atom stereocenters. The number of esters is 2. The molecular weight excluding hydrogens is 661 g/mol. The summed E-state index contributed by atoms with van der Waals surface area (Å²) in [6, 6.07) is 1.60. The lowest BCUT2D eigenvalue weighted by molar-refractivity contribution is -0.228. The van der Waals surface area contributed by atoms with Crippen molar-refractivity contribution in [2.24, 2.45) is 28.6 Å². The number of aliphatic hydroxyl groups excluding tert-OH is 1. The van der Waals surface area contributed by atoms with E-state index in [1.807, 2.05) is 6.92 Å². The summed E-state index contributed by atoms with van der Waals surface area (Å²) in [5, 5.41) is 28.2. The Labute approximate surface area is 297 Å². The lowest BCUT2D eigenvalue weighted by Crippen LogP contribution is -2.70. The molecule has 3 saturated carbocycles. The number of hydrogen-bond acceptors (Lipinski definition) is 12. The van der Waals surface area contributed by atoms with Crippen molar-refractivity contribution in [2.45, 2.75) is 110 Å². The highest BCUT2D eigenvalue weighted by Gasteiger charge is 2.77. The van der Waals surface area contributed by atoms with Gasteiger partial charge < -0.3 is 30.4 Å². The molecule has 14 heteroatoms. The van der Waals surface area contributed by atoms with Crippen LogP contribution >= 0.6 is 0 Å². The van der Waals surface area contributed by atoms with Crippen LogP contribution in [0.3, 0.4) is 0 Å². The smallest absolute Gasteiger partial charge is 0.306 e. The number of nitrogen functional groups attached to an aromatic ring is 1. The number of nitrogens with zero attached hydrogens (tertiary/aromatic N) is 3. The van der Waals surface area contributed by atoms with E-state index in [1.165, 1.54) is 18.6 Å². The van der Waals surface area contributed by atoms with E-state index < -0.39 is 64.4 Å². The van der Waals surface area contributed by atoms with Gasteiger partial charge in [-0.3, -0.25) is 24.6 Å². The van der Waals surface area contributed by atoms with Crippen LogP contribution in [0.5, 0.6) is 0 Å². The first-order valence-electron chi connectivity index (χ1n) is 18.1. The number of Topliss-reactive ketones (excluding diaryl/α,β-unsaturated/α-hetero) is 1. The van der Waals surface area contributed by atoms with E-state index in [-0.39, 0.29) is 42.4 Å². The molecule has 1 saturated heterocycles. The summed E-state index contributed by atoms with van der Waals surface area (Å²) in [7, 11) is 0. The van der Waals surface area contributed by atoms with E-state index in [4.69, 9.17) is 20.6 Å². The molecule has 280 valence electrons. The predicted octanol–water partition coefficient (Wildman–Crippen LogP) is 3.99. The minimum absolute atomic E-state index is 0.0430. The topological polar surface area (TPSA) is 198 Å². The Morgan fingerprint density at radius 3 is 2.41 bits per heavy atom. The standard InChI is InChI=1S/C28H37FO7.C9H15N5O/c1-6-23(33)35-15-22(32)28(36-24(34)7-2)16(3)12-20-19-9-8-17-13-18(30)10-11-25(17,4)27(19,29)21(31)14-26(20,28)5;10-7-6-8(12-9(11)14(7)15)13-4-2-1-3-5-13/h10-11,13,16,19-21,31H,6-9,12,14-15H2,1-5H3;6,11,15H,1-5,10H2/t16-,19-,20-,21-,25-,26-,27-,28-;/m0./s1. The number of allylic oxidation sites excluding steroid dienone is 4. The molecule has 2 heterocycles. The van der Waals surface area contributed by atoms with E-state index >= 15 is 4.39 Å². The van der Waals surface area contributed by atoms with Crippen LogP contribution in [0.4, 0.5) is 16.0 Å². The van der Waals surface area contributed by atoms with Gasteiger partial charge in [-0.15, -0.1) is 4.73 Å². The minimum atomic E-state index is -2.05. The maximum atomic E-state index is 17.4. The van der Waals surface area contributed by atoms with Gasteiger partial charge in [0.15, 0.2) is 23.7 Å². The van der Waals surface area contributed by atoms with Crippen molar-refractivity contribution >= 4 is 35.1 Å². The number of ether oxygens (including phenoxy) is 2. The molecule has 1 aliphatic heterocycles. The Morgan fingerprint density at radius 1 is 1.12 bits per heavy atom. The molecule has 8 atom stereocenters. The van der Waals surface area contributed by atoms with Gasteiger partial charge >= 0.3 is 11.9 Å². The molecule has 4 aliphatic carbocycles. The van der Waals surface area contributed by atoms with Crippen LogP contribution in [0.2, 0.25) is 0 Å². The number of aliphatic hydroxyl groups is 1. The zero-order valence-corrected chi connectivity index (χ0v) is 30.2. The van der Waals surface area contributed by atoms with Crippen LogP contribution in [-0.4, -0.2) is 80.6 Å². The number of hydrogen-bond donors (Lipinski definition) is 4. The fourth-order valence-corrected chi connectivity index (χ4v) is 9.79. The Balaban J connectivity index is 0.000000279. The van der Waals surface area contributed by atoms with Gasteiger partial charge in [0.1, 0.15) is 11.6 Å². The average molecular weight is 714 g/mol. The fourth-order valence-electron chi connectivity index (χ4n) is 9.79. The number of anilines is 2. The first kappa shape index (κ1) is 38.2. The summed E-state index contributed by atoms with van der Waals surface area (Å²) in [5.74, 6) is -2.48. The number of alkyl halides is 1. The number of rotatable bonds is 7. The summed E-state index contributed by atoms with van der Waals surface area (Å²) in [4.78, 5) is 56.4. The van der Waals surface area contributed by atoms with Crippen LogP contribution < -0.4 is 16.3 Å². The van der Waals surface area contributed by atoms with E-state index in [0.29, 0.717) is 35.4 Å². The number of fused-ring (bicyclic) bond motifs is 5. The SMILES string of the molecule is CCC(=O)OCC(=O)[C@@]1(OC(=O)CC)[C@@H](C)C[C@H]2[C@@H]3CCC4=CC(=O)C=C[C@]4(C)[C@@]3(F)[C@@H](O)C[C@@]21C.N=c1nc(N2CCCCC2)cc(N)n1O. The van der Waals surface area contributed by atoms with Crippen molar-refractivity contribution in [2.75, 3.05) is 30.3 Å². The van der Waals surface area contributed by atoms with Crippen LogP contribution in [0.1, 0.15) is 92.4 Å². The van der Waals surface area contributed by atoms with Crippen molar-refractivity contribution in [1.82, 2.24) is 9.71 Å². The third-order valence-corrected chi connectivity index (χ3v) is 12.4. The molecule has 0 aromatic carbocycles. The minimum Gasteiger partial charge on any atom is -0.457 e. The maximum Gasteiger partial charge on any atom is 0.306 e. The van der Waals surface area contributed by atoms with E-state index in [1.54, 1.807) is 39.8 Å². The van der Waals surface area contributed by atoms with Crippen molar-refractivity contribution < 1.29 is 43.4 Å². The molecular formula is C37H52FN5O8.